The molecule has 0 aromatic heterocycles. The number of hydrogen-bond donors (Lipinski definition) is 3. The van der Waals surface area contributed by atoms with Crippen LogP contribution in [0.4, 0.5) is 0 Å². The molecular weight excluding hydrogens is 354 g/mol. The van der Waals surface area contributed by atoms with Crippen molar-refractivity contribution in [1.29, 1.82) is 0 Å². The zero-order valence-corrected chi connectivity index (χ0v) is 16.6. The molecule has 0 aliphatic heterocycles. The average Bonchev–Trinajstić information content (AvgIpc) is 2.66. The molecule has 0 saturated carbocycles. The topological polar surface area (TPSA) is 121 Å². The maximum absolute atomic E-state index is 11.5. The van der Waals surface area contributed by atoms with Crippen LogP contribution in [0.15, 0.2) is 0 Å². The van der Waals surface area contributed by atoms with Crippen molar-refractivity contribution in [2.45, 2.75) is 32.6 Å². The molecule has 9 nitrogen and oxygen atoms in total. The van der Waals surface area contributed by atoms with E-state index in [1.165, 1.54) is 0 Å². The van der Waals surface area contributed by atoms with Gasteiger partial charge in [0.1, 0.15) is 13.2 Å². The Morgan fingerprint density at radius 3 is 1.85 bits per heavy atom. The van der Waals surface area contributed by atoms with Crippen LogP contribution in [-0.2, 0) is 28.5 Å². The Labute approximate surface area is 162 Å². The fourth-order valence-electron chi connectivity index (χ4n) is 1.95. The van der Waals surface area contributed by atoms with E-state index in [9.17, 15) is 9.59 Å². The van der Waals surface area contributed by atoms with Gasteiger partial charge in [0.05, 0.1) is 33.0 Å². The minimum absolute atomic E-state index is 0.0138. The van der Waals surface area contributed by atoms with Gasteiger partial charge in [-0.05, 0) is 25.8 Å². The molecule has 0 rings (SSSR count). The van der Waals surface area contributed by atoms with Crippen LogP contribution in [0, 0.1) is 0 Å². The first-order valence-corrected chi connectivity index (χ1v) is 9.75. The summed E-state index contributed by atoms with van der Waals surface area (Å²) in [6.45, 7) is 6.48. The summed E-state index contributed by atoms with van der Waals surface area (Å²) < 4.78 is 21.0. The molecule has 9 heteroatoms. The number of carbonyl (C=O) groups excluding carboxylic acids is 2. The molecule has 0 aliphatic carbocycles. The van der Waals surface area contributed by atoms with Gasteiger partial charge in [-0.15, -0.1) is 0 Å². The zero-order chi connectivity index (χ0) is 20.0. The van der Waals surface area contributed by atoms with Crippen molar-refractivity contribution in [2.24, 2.45) is 5.73 Å². The minimum atomic E-state index is -0.187. The van der Waals surface area contributed by atoms with Gasteiger partial charge in [-0.25, -0.2) is 0 Å². The highest BCUT2D eigenvalue weighted by atomic mass is 16.5. The monoisotopic (exact) mass is 391 g/mol. The molecule has 0 atom stereocenters. The lowest BCUT2D eigenvalue weighted by Gasteiger charge is -2.08. The average molecular weight is 392 g/mol. The molecule has 0 unspecified atom stereocenters. The van der Waals surface area contributed by atoms with Crippen LogP contribution in [0.2, 0.25) is 0 Å². The van der Waals surface area contributed by atoms with E-state index in [-0.39, 0.29) is 25.0 Å². The van der Waals surface area contributed by atoms with Gasteiger partial charge in [0, 0.05) is 19.7 Å². The summed E-state index contributed by atoms with van der Waals surface area (Å²) in [6.07, 6.45) is 3.89. The number of amides is 2. The van der Waals surface area contributed by atoms with Crippen molar-refractivity contribution in [3.8, 4) is 0 Å². The normalized spacial score (nSPS) is 10.7. The molecule has 0 aliphatic rings. The van der Waals surface area contributed by atoms with E-state index >= 15 is 0 Å². The number of hydrogen-bond acceptors (Lipinski definition) is 7. The molecular formula is C18H37N3O6. The minimum Gasteiger partial charge on any atom is -0.379 e. The highest BCUT2D eigenvalue weighted by molar-refractivity contribution is 5.77. The van der Waals surface area contributed by atoms with Gasteiger partial charge >= 0.3 is 0 Å². The summed E-state index contributed by atoms with van der Waals surface area (Å²) in [5.74, 6) is -0.316. The summed E-state index contributed by atoms with van der Waals surface area (Å²) in [5, 5.41) is 5.47. The summed E-state index contributed by atoms with van der Waals surface area (Å²) in [6, 6.07) is 0. The molecule has 0 saturated heterocycles. The van der Waals surface area contributed by atoms with Gasteiger partial charge in [-0.2, -0.15) is 0 Å². The molecule has 160 valence electrons. The summed E-state index contributed by atoms with van der Waals surface area (Å²) in [4.78, 5) is 23.0. The Kier molecular flexibility index (Phi) is 20.1. The van der Waals surface area contributed by atoms with Crippen LogP contribution in [0.25, 0.3) is 0 Å². The molecule has 0 radical (unpaired) electrons. The van der Waals surface area contributed by atoms with Crippen molar-refractivity contribution < 1.29 is 28.5 Å². The molecule has 0 aromatic rings. The van der Waals surface area contributed by atoms with Gasteiger partial charge in [-0.1, -0.05) is 13.3 Å². The third kappa shape index (κ3) is 20.9. The van der Waals surface area contributed by atoms with Gasteiger partial charge in [0.15, 0.2) is 0 Å². The fourth-order valence-corrected chi connectivity index (χ4v) is 1.95. The second-order valence-corrected chi connectivity index (χ2v) is 5.88. The molecule has 0 fully saturated rings. The van der Waals surface area contributed by atoms with E-state index < -0.39 is 0 Å². The van der Waals surface area contributed by atoms with Crippen molar-refractivity contribution in [3.63, 3.8) is 0 Å². The van der Waals surface area contributed by atoms with Crippen molar-refractivity contribution in [1.82, 2.24) is 10.6 Å². The van der Waals surface area contributed by atoms with Crippen LogP contribution in [0.3, 0.4) is 0 Å². The van der Waals surface area contributed by atoms with Crippen molar-refractivity contribution in [2.75, 3.05) is 72.5 Å². The number of unbranched alkanes of at least 4 members (excludes halogenated alkanes) is 2. The van der Waals surface area contributed by atoms with Gasteiger partial charge in [0.2, 0.25) is 11.8 Å². The van der Waals surface area contributed by atoms with Gasteiger partial charge < -0.3 is 35.3 Å². The maximum atomic E-state index is 11.5. The highest BCUT2D eigenvalue weighted by Gasteiger charge is 2.02. The molecule has 0 bridgehead atoms. The lowest BCUT2D eigenvalue weighted by atomic mass is 10.2. The standard InChI is InChI=1S/C18H37N3O6/c1-2-9-24-11-13-26-16-18(23)21-8-10-25-12-14-27-15-17(22)20-7-5-3-4-6-19/h2-16,19H2,1H3,(H,20,22)(H,21,23). The number of rotatable bonds is 20. The Morgan fingerprint density at radius 2 is 1.26 bits per heavy atom. The Bertz CT molecular complexity index is 358. The number of nitrogens with one attached hydrogen (secondary N) is 2. The quantitative estimate of drug-likeness (QED) is 0.246. The van der Waals surface area contributed by atoms with Gasteiger partial charge in [0.25, 0.3) is 0 Å². The van der Waals surface area contributed by atoms with E-state index in [1.54, 1.807) is 0 Å². The van der Waals surface area contributed by atoms with E-state index in [1.807, 2.05) is 6.92 Å². The van der Waals surface area contributed by atoms with Crippen LogP contribution >= 0.6 is 0 Å². The number of carbonyl (C=O) groups is 2. The summed E-state index contributed by atoms with van der Waals surface area (Å²) >= 11 is 0. The predicted molar refractivity (Wildman–Crippen MR) is 102 cm³/mol. The van der Waals surface area contributed by atoms with E-state index in [0.717, 1.165) is 25.7 Å². The first kappa shape index (κ1) is 25.7. The van der Waals surface area contributed by atoms with Gasteiger partial charge in [-0.3, -0.25) is 9.59 Å². The fraction of sp³-hybridized carbons (Fsp3) is 0.889. The third-order valence-electron chi connectivity index (χ3n) is 3.33. The van der Waals surface area contributed by atoms with Crippen LogP contribution in [-0.4, -0.2) is 84.3 Å². The second kappa shape index (κ2) is 21.0. The second-order valence-electron chi connectivity index (χ2n) is 5.88. The van der Waals surface area contributed by atoms with E-state index in [4.69, 9.17) is 24.7 Å². The predicted octanol–water partition coefficient (Wildman–Crippen LogP) is -0.176. The first-order chi connectivity index (χ1) is 13.2. The van der Waals surface area contributed by atoms with Crippen molar-refractivity contribution in [3.05, 3.63) is 0 Å². The third-order valence-corrected chi connectivity index (χ3v) is 3.33. The largest absolute Gasteiger partial charge is 0.379 e. The Hall–Kier alpha value is -1.26. The Balaban J connectivity index is 3.25. The zero-order valence-electron chi connectivity index (χ0n) is 16.6. The van der Waals surface area contributed by atoms with E-state index in [0.29, 0.717) is 59.3 Å². The van der Waals surface area contributed by atoms with Crippen LogP contribution in [0.1, 0.15) is 32.6 Å². The number of nitrogens with two attached hydrogens (primary N) is 1. The highest BCUT2D eigenvalue weighted by Crippen LogP contribution is 1.91. The van der Waals surface area contributed by atoms with Crippen LogP contribution in [0.5, 0.6) is 0 Å². The molecule has 0 heterocycles. The lowest BCUT2D eigenvalue weighted by Crippen LogP contribution is -2.31. The molecule has 2 amide bonds. The lowest BCUT2D eigenvalue weighted by molar-refractivity contribution is -0.127. The molecule has 0 aromatic carbocycles. The van der Waals surface area contributed by atoms with E-state index in [2.05, 4.69) is 10.6 Å². The summed E-state index contributed by atoms with van der Waals surface area (Å²) in [7, 11) is 0. The molecule has 27 heavy (non-hydrogen) atoms. The first-order valence-electron chi connectivity index (χ1n) is 9.75. The van der Waals surface area contributed by atoms with Crippen molar-refractivity contribution >= 4 is 11.8 Å². The number of ether oxygens (including phenoxy) is 4. The Morgan fingerprint density at radius 1 is 0.704 bits per heavy atom. The molecule has 0 spiro atoms. The van der Waals surface area contributed by atoms with Crippen LogP contribution < -0.4 is 16.4 Å². The SMILES string of the molecule is CCCOCCOCC(=O)NCCOCCOCC(=O)NCCCCCN. The molecule has 4 N–H and O–H groups in total. The maximum Gasteiger partial charge on any atom is 0.246 e. The summed E-state index contributed by atoms with van der Waals surface area (Å²) in [5.41, 5.74) is 5.40. The smallest absolute Gasteiger partial charge is 0.246 e.